The number of carbonyl (C=O) groups excluding carboxylic acids is 1. The first-order valence-corrected chi connectivity index (χ1v) is 4.62. The van der Waals surface area contributed by atoms with Crippen molar-refractivity contribution in [1.82, 2.24) is 4.90 Å². The van der Waals surface area contributed by atoms with Crippen LogP contribution in [0.2, 0.25) is 0 Å². The molecule has 1 amide bonds. The van der Waals surface area contributed by atoms with Crippen LogP contribution in [0.1, 0.15) is 19.8 Å². The standard InChI is InChI=1S/C8H12BrNO/c1-7(9)6-8(11)10-4-2-3-5-10/h6H,2-5H2,1H3/b7-6-. The molecule has 1 aliphatic rings. The van der Waals surface area contributed by atoms with Gasteiger partial charge in [-0.05, 0) is 24.2 Å². The van der Waals surface area contributed by atoms with Gasteiger partial charge >= 0.3 is 0 Å². The highest BCUT2D eigenvalue weighted by Crippen LogP contribution is 2.10. The molecule has 0 spiro atoms. The van der Waals surface area contributed by atoms with Crippen LogP contribution < -0.4 is 0 Å². The van der Waals surface area contributed by atoms with E-state index >= 15 is 0 Å². The first-order chi connectivity index (χ1) is 5.20. The molecule has 0 aromatic carbocycles. The maximum absolute atomic E-state index is 11.3. The number of halogens is 1. The fourth-order valence-corrected chi connectivity index (χ4v) is 1.39. The van der Waals surface area contributed by atoms with Crippen LogP contribution in [0.15, 0.2) is 10.6 Å². The molecule has 11 heavy (non-hydrogen) atoms. The maximum atomic E-state index is 11.3. The SMILES string of the molecule is C/C(Br)=C/C(=O)N1CCCC1. The van der Waals surface area contributed by atoms with Crippen molar-refractivity contribution in [3.8, 4) is 0 Å². The van der Waals surface area contributed by atoms with Crippen LogP contribution in [0.25, 0.3) is 0 Å². The molecule has 62 valence electrons. The van der Waals surface area contributed by atoms with Crippen LogP contribution in [0.4, 0.5) is 0 Å². The molecule has 0 unspecified atom stereocenters. The third kappa shape index (κ3) is 2.66. The predicted molar refractivity (Wildman–Crippen MR) is 48.5 cm³/mol. The lowest BCUT2D eigenvalue weighted by Gasteiger charge is -2.11. The average Bonchev–Trinajstić information content (AvgIpc) is 2.35. The minimum atomic E-state index is 0.136. The largest absolute Gasteiger partial charge is 0.339 e. The van der Waals surface area contributed by atoms with Crippen molar-refractivity contribution in [1.29, 1.82) is 0 Å². The van der Waals surface area contributed by atoms with Crippen molar-refractivity contribution < 1.29 is 4.79 Å². The van der Waals surface area contributed by atoms with Crippen LogP contribution in [0.3, 0.4) is 0 Å². The lowest BCUT2D eigenvalue weighted by Crippen LogP contribution is -2.25. The molecule has 1 heterocycles. The minimum Gasteiger partial charge on any atom is -0.339 e. The van der Waals surface area contributed by atoms with Crippen molar-refractivity contribution in [3.05, 3.63) is 10.6 Å². The van der Waals surface area contributed by atoms with Crippen LogP contribution >= 0.6 is 15.9 Å². The molecule has 0 aliphatic carbocycles. The quantitative estimate of drug-likeness (QED) is 0.615. The zero-order valence-electron chi connectivity index (χ0n) is 6.64. The normalized spacial score (nSPS) is 19.1. The fraction of sp³-hybridized carbons (Fsp3) is 0.625. The Hall–Kier alpha value is -0.310. The summed E-state index contributed by atoms with van der Waals surface area (Å²) < 4.78 is 0.898. The summed E-state index contributed by atoms with van der Waals surface area (Å²) in [4.78, 5) is 13.2. The van der Waals surface area contributed by atoms with Crippen LogP contribution in [-0.4, -0.2) is 23.9 Å². The second-order valence-electron chi connectivity index (χ2n) is 2.76. The molecule has 0 atom stereocenters. The molecular formula is C8H12BrNO. The summed E-state index contributed by atoms with van der Waals surface area (Å²) in [5.41, 5.74) is 0. The number of allylic oxidation sites excluding steroid dienone is 1. The van der Waals surface area contributed by atoms with Crippen molar-refractivity contribution in [2.45, 2.75) is 19.8 Å². The summed E-state index contributed by atoms with van der Waals surface area (Å²) in [5, 5.41) is 0. The van der Waals surface area contributed by atoms with Gasteiger partial charge in [-0.1, -0.05) is 15.9 Å². The summed E-state index contributed by atoms with van der Waals surface area (Å²) >= 11 is 3.24. The Morgan fingerprint density at radius 3 is 2.45 bits per heavy atom. The van der Waals surface area contributed by atoms with Gasteiger partial charge in [-0.15, -0.1) is 0 Å². The van der Waals surface area contributed by atoms with Crippen molar-refractivity contribution >= 4 is 21.8 Å². The summed E-state index contributed by atoms with van der Waals surface area (Å²) in [7, 11) is 0. The monoisotopic (exact) mass is 217 g/mol. The van der Waals surface area contributed by atoms with Crippen LogP contribution in [-0.2, 0) is 4.79 Å². The predicted octanol–water partition coefficient (Wildman–Crippen LogP) is 1.91. The Kier molecular flexibility index (Phi) is 3.12. The van der Waals surface area contributed by atoms with Gasteiger partial charge in [0.1, 0.15) is 0 Å². The van der Waals surface area contributed by atoms with Gasteiger partial charge < -0.3 is 4.90 Å². The van der Waals surface area contributed by atoms with E-state index in [2.05, 4.69) is 15.9 Å². The van der Waals surface area contributed by atoms with Crippen molar-refractivity contribution in [2.24, 2.45) is 0 Å². The van der Waals surface area contributed by atoms with Gasteiger partial charge in [-0.25, -0.2) is 0 Å². The van der Waals surface area contributed by atoms with Gasteiger partial charge in [0.2, 0.25) is 5.91 Å². The Labute approximate surface area is 75.4 Å². The third-order valence-corrected chi connectivity index (χ3v) is 1.97. The maximum Gasteiger partial charge on any atom is 0.247 e. The Morgan fingerprint density at radius 2 is 2.00 bits per heavy atom. The smallest absolute Gasteiger partial charge is 0.247 e. The summed E-state index contributed by atoms with van der Waals surface area (Å²) in [6.07, 6.45) is 3.94. The molecule has 0 aromatic heterocycles. The van der Waals surface area contributed by atoms with Gasteiger partial charge in [0, 0.05) is 19.2 Å². The van der Waals surface area contributed by atoms with E-state index in [1.165, 1.54) is 0 Å². The summed E-state index contributed by atoms with van der Waals surface area (Å²) in [6, 6.07) is 0. The number of rotatable bonds is 1. The zero-order chi connectivity index (χ0) is 8.27. The fourth-order valence-electron chi connectivity index (χ4n) is 1.20. The number of hydrogen-bond donors (Lipinski definition) is 0. The van der Waals surface area contributed by atoms with E-state index < -0.39 is 0 Å². The van der Waals surface area contributed by atoms with Gasteiger partial charge in [0.05, 0.1) is 0 Å². The zero-order valence-corrected chi connectivity index (χ0v) is 8.23. The van der Waals surface area contributed by atoms with E-state index in [-0.39, 0.29) is 5.91 Å². The van der Waals surface area contributed by atoms with Gasteiger partial charge in [-0.3, -0.25) is 4.79 Å². The highest BCUT2D eigenvalue weighted by atomic mass is 79.9. The molecular weight excluding hydrogens is 206 g/mol. The lowest BCUT2D eigenvalue weighted by molar-refractivity contribution is -0.125. The number of amides is 1. The highest BCUT2D eigenvalue weighted by molar-refractivity contribution is 9.11. The van der Waals surface area contributed by atoms with Crippen LogP contribution in [0, 0.1) is 0 Å². The molecule has 1 saturated heterocycles. The van der Waals surface area contributed by atoms with Gasteiger partial charge in [0.15, 0.2) is 0 Å². The van der Waals surface area contributed by atoms with Crippen molar-refractivity contribution in [2.75, 3.05) is 13.1 Å². The van der Waals surface area contributed by atoms with E-state index in [1.54, 1.807) is 6.08 Å². The molecule has 1 aliphatic heterocycles. The molecule has 0 radical (unpaired) electrons. The molecule has 3 heteroatoms. The van der Waals surface area contributed by atoms with E-state index in [4.69, 9.17) is 0 Å². The first kappa shape index (κ1) is 8.78. The lowest BCUT2D eigenvalue weighted by atomic mass is 10.4. The average molecular weight is 218 g/mol. The van der Waals surface area contributed by atoms with E-state index in [0.29, 0.717) is 0 Å². The topological polar surface area (TPSA) is 20.3 Å². The van der Waals surface area contributed by atoms with E-state index in [1.807, 2.05) is 11.8 Å². The number of likely N-dealkylation sites (tertiary alicyclic amines) is 1. The molecule has 1 fully saturated rings. The Balaban J connectivity index is 2.47. The van der Waals surface area contributed by atoms with Gasteiger partial charge in [0.25, 0.3) is 0 Å². The molecule has 0 aromatic rings. The van der Waals surface area contributed by atoms with Crippen LogP contribution in [0.5, 0.6) is 0 Å². The second kappa shape index (κ2) is 3.90. The molecule has 2 nitrogen and oxygen atoms in total. The molecule has 0 bridgehead atoms. The minimum absolute atomic E-state index is 0.136. The molecule has 1 rings (SSSR count). The molecule has 0 N–H and O–H groups in total. The number of hydrogen-bond acceptors (Lipinski definition) is 1. The number of nitrogens with zero attached hydrogens (tertiary/aromatic N) is 1. The van der Waals surface area contributed by atoms with Gasteiger partial charge in [-0.2, -0.15) is 0 Å². The Morgan fingerprint density at radius 1 is 1.45 bits per heavy atom. The molecule has 0 saturated carbocycles. The summed E-state index contributed by atoms with van der Waals surface area (Å²) in [5.74, 6) is 0.136. The first-order valence-electron chi connectivity index (χ1n) is 3.83. The van der Waals surface area contributed by atoms with E-state index in [9.17, 15) is 4.79 Å². The second-order valence-corrected chi connectivity index (χ2v) is 4.01. The van der Waals surface area contributed by atoms with E-state index in [0.717, 1.165) is 30.4 Å². The summed E-state index contributed by atoms with van der Waals surface area (Å²) in [6.45, 7) is 3.72. The number of carbonyl (C=O) groups is 1. The highest BCUT2D eigenvalue weighted by Gasteiger charge is 2.15. The Bertz CT molecular complexity index is 179. The third-order valence-electron chi connectivity index (χ3n) is 1.74. The van der Waals surface area contributed by atoms with Crippen molar-refractivity contribution in [3.63, 3.8) is 0 Å².